The van der Waals surface area contributed by atoms with Gasteiger partial charge in [0, 0.05) is 18.3 Å². The molecule has 0 unspecified atom stereocenters. The van der Waals surface area contributed by atoms with Crippen molar-refractivity contribution in [3.05, 3.63) is 41.2 Å². The van der Waals surface area contributed by atoms with E-state index in [0.717, 1.165) is 29.7 Å². The number of para-hydroxylation sites is 1. The topological polar surface area (TPSA) is 49.8 Å². The minimum Gasteiger partial charge on any atom is -0.370 e. The van der Waals surface area contributed by atoms with Gasteiger partial charge in [0.15, 0.2) is 0 Å². The van der Waals surface area contributed by atoms with Crippen LogP contribution in [0.2, 0.25) is 0 Å². The largest absolute Gasteiger partial charge is 0.370 e. The maximum Gasteiger partial charge on any atom is 0.136 e. The Kier molecular flexibility index (Phi) is 4.78. The molecule has 0 fully saturated rings. The molecule has 21 heavy (non-hydrogen) atoms. The molecule has 4 heteroatoms. The van der Waals surface area contributed by atoms with Crippen LogP contribution in [0.1, 0.15) is 30.8 Å². The van der Waals surface area contributed by atoms with Crippen molar-refractivity contribution in [1.29, 1.82) is 0 Å². The minimum absolute atomic E-state index is 0.579. The van der Waals surface area contributed by atoms with Crippen LogP contribution in [0.15, 0.2) is 24.3 Å². The van der Waals surface area contributed by atoms with Crippen LogP contribution in [0, 0.1) is 26.7 Å². The van der Waals surface area contributed by atoms with Gasteiger partial charge < -0.3 is 10.6 Å². The summed E-state index contributed by atoms with van der Waals surface area (Å²) in [5, 5.41) is 6.77. The highest BCUT2D eigenvalue weighted by Gasteiger charge is 2.06. The summed E-state index contributed by atoms with van der Waals surface area (Å²) < 4.78 is 0. The van der Waals surface area contributed by atoms with Gasteiger partial charge in [-0.3, -0.25) is 0 Å². The van der Waals surface area contributed by atoms with Gasteiger partial charge in [0.1, 0.15) is 17.5 Å². The zero-order valence-corrected chi connectivity index (χ0v) is 13.5. The van der Waals surface area contributed by atoms with Gasteiger partial charge in [0.05, 0.1) is 0 Å². The fourth-order valence-corrected chi connectivity index (χ4v) is 2.17. The first-order valence-electron chi connectivity index (χ1n) is 7.38. The highest BCUT2D eigenvalue weighted by molar-refractivity contribution is 5.65. The van der Waals surface area contributed by atoms with Crippen molar-refractivity contribution in [1.82, 2.24) is 9.97 Å². The summed E-state index contributed by atoms with van der Waals surface area (Å²) in [5.74, 6) is 3.03. The van der Waals surface area contributed by atoms with E-state index in [-0.39, 0.29) is 0 Å². The third-order valence-corrected chi connectivity index (χ3v) is 3.26. The number of hydrogen-bond donors (Lipinski definition) is 2. The summed E-state index contributed by atoms with van der Waals surface area (Å²) in [6.07, 6.45) is 0. The molecular formula is C17H24N4. The molecular weight excluding hydrogens is 260 g/mol. The molecule has 0 radical (unpaired) electrons. The second-order valence-corrected chi connectivity index (χ2v) is 5.85. The Morgan fingerprint density at radius 3 is 2.24 bits per heavy atom. The first-order chi connectivity index (χ1) is 9.95. The number of anilines is 3. The lowest BCUT2D eigenvalue weighted by molar-refractivity contribution is 0.686. The zero-order valence-electron chi connectivity index (χ0n) is 13.5. The molecule has 0 aliphatic heterocycles. The van der Waals surface area contributed by atoms with E-state index < -0.39 is 0 Å². The monoisotopic (exact) mass is 284 g/mol. The van der Waals surface area contributed by atoms with E-state index in [9.17, 15) is 0 Å². The second kappa shape index (κ2) is 6.57. The van der Waals surface area contributed by atoms with Crippen LogP contribution in [-0.4, -0.2) is 16.5 Å². The molecule has 0 saturated carbocycles. The van der Waals surface area contributed by atoms with E-state index in [1.807, 2.05) is 13.0 Å². The molecule has 2 rings (SSSR count). The SMILES string of the molecule is Cc1nc(NCC(C)C)cc(Nc2c(C)cccc2C)n1. The van der Waals surface area contributed by atoms with Crippen LogP contribution < -0.4 is 10.6 Å². The molecule has 1 aromatic heterocycles. The summed E-state index contributed by atoms with van der Waals surface area (Å²) in [5.41, 5.74) is 3.54. The lowest BCUT2D eigenvalue weighted by Gasteiger charge is -2.14. The van der Waals surface area contributed by atoms with Gasteiger partial charge in [-0.1, -0.05) is 32.0 Å². The van der Waals surface area contributed by atoms with E-state index in [1.165, 1.54) is 11.1 Å². The van der Waals surface area contributed by atoms with E-state index in [1.54, 1.807) is 0 Å². The summed E-state index contributed by atoms with van der Waals surface area (Å²) >= 11 is 0. The highest BCUT2D eigenvalue weighted by atomic mass is 15.1. The highest BCUT2D eigenvalue weighted by Crippen LogP contribution is 2.24. The fourth-order valence-electron chi connectivity index (χ4n) is 2.17. The van der Waals surface area contributed by atoms with Crippen LogP contribution in [0.3, 0.4) is 0 Å². The van der Waals surface area contributed by atoms with Crippen molar-refractivity contribution < 1.29 is 0 Å². The third-order valence-electron chi connectivity index (χ3n) is 3.26. The summed E-state index contributed by atoms with van der Waals surface area (Å²) in [6.45, 7) is 11.4. The smallest absolute Gasteiger partial charge is 0.136 e. The Hall–Kier alpha value is -2.10. The van der Waals surface area contributed by atoms with Crippen LogP contribution >= 0.6 is 0 Å². The first kappa shape index (κ1) is 15.3. The molecule has 0 saturated heterocycles. The van der Waals surface area contributed by atoms with E-state index in [2.05, 4.69) is 66.5 Å². The number of aryl methyl sites for hydroxylation is 3. The number of benzene rings is 1. The second-order valence-electron chi connectivity index (χ2n) is 5.85. The Bertz CT molecular complexity index is 600. The van der Waals surface area contributed by atoms with Crippen molar-refractivity contribution >= 4 is 17.3 Å². The average molecular weight is 284 g/mol. The number of rotatable bonds is 5. The van der Waals surface area contributed by atoms with Crippen molar-refractivity contribution in [2.75, 3.05) is 17.2 Å². The molecule has 2 aromatic rings. The van der Waals surface area contributed by atoms with Gasteiger partial charge >= 0.3 is 0 Å². The summed E-state index contributed by atoms with van der Waals surface area (Å²) in [4.78, 5) is 8.91. The molecule has 0 bridgehead atoms. The molecule has 0 aliphatic carbocycles. The Morgan fingerprint density at radius 1 is 1.00 bits per heavy atom. The van der Waals surface area contributed by atoms with Gasteiger partial charge in [-0.25, -0.2) is 9.97 Å². The Labute approximate surface area is 127 Å². The summed E-state index contributed by atoms with van der Waals surface area (Å²) in [6, 6.07) is 8.22. The van der Waals surface area contributed by atoms with Crippen molar-refractivity contribution in [2.45, 2.75) is 34.6 Å². The molecule has 1 heterocycles. The van der Waals surface area contributed by atoms with Crippen molar-refractivity contribution in [2.24, 2.45) is 5.92 Å². The molecule has 2 N–H and O–H groups in total. The zero-order chi connectivity index (χ0) is 15.4. The van der Waals surface area contributed by atoms with Crippen molar-refractivity contribution in [3.8, 4) is 0 Å². The molecule has 0 atom stereocenters. The Morgan fingerprint density at radius 2 is 1.62 bits per heavy atom. The van der Waals surface area contributed by atoms with Crippen LogP contribution in [-0.2, 0) is 0 Å². The average Bonchev–Trinajstić information content (AvgIpc) is 2.40. The summed E-state index contributed by atoms with van der Waals surface area (Å²) in [7, 11) is 0. The number of nitrogens with one attached hydrogen (secondary N) is 2. The van der Waals surface area contributed by atoms with Crippen LogP contribution in [0.5, 0.6) is 0 Å². The molecule has 112 valence electrons. The van der Waals surface area contributed by atoms with Gasteiger partial charge in [0.2, 0.25) is 0 Å². The van der Waals surface area contributed by atoms with Crippen molar-refractivity contribution in [3.63, 3.8) is 0 Å². The van der Waals surface area contributed by atoms with Crippen LogP contribution in [0.4, 0.5) is 17.3 Å². The quantitative estimate of drug-likeness (QED) is 0.863. The number of nitrogens with zero attached hydrogens (tertiary/aromatic N) is 2. The normalized spacial score (nSPS) is 10.8. The van der Waals surface area contributed by atoms with Gasteiger partial charge in [-0.15, -0.1) is 0 Å². The minimum atomic E-state index is 0.579. The lowest BCUT2D eigenvalue weighted by Crippen LogP contribution is -2.10. The van der Waals surface area contributed by atoms with Gasteiger partial charge in [-0.2, -0.15) is 0 Å². The van der Waals surface area contributed by atoms with Crippen LogP contribution in [0.25, 0.3) is 0 Å². The third kappa shape index (κ3) is 4.18. The van der Waals surface area contributed by atoms with E-state index in [4.69, 9.17) is 0 Å². The standard InChI is InChI=1S/C17H24N4/c1-11(2)10-18-15-9-16(20-14(5)19-15)21-17-12(3)7-6-8-13(17)4/h6-9,11H,10H2,1-5H3,(H2,18,19,20,21). The van der Waals surface area contributed by atoms with Gasteiger partial charge in [-0.05, 0) is 37.8 Å². The lowest BCUT2D eigenvalue weighted by atomic mass is 10.1. The Balaban J connectivity index is 2.24. The number of hydrogen-bond acceptors (Lipinski definition) is 4. The fraction of sp³-hybridized carbons (Fsp3) is 0.412. The molecule has 0 amide bonds. The predicted octanol–water partition coefficient (Wildman–Crippen LogP) is 4.21. The maximum atomic E-state index is 4.48. The molecule has 0 spiro atoms. The molecule has 4 nitrogen and oxygen atoms in total. The maximum absolute atomic E-state index is 4.48. The van der Waals surface area contributed by atoms with E-state index >= 15 is 0 Å². The predicted molar refractivity (Wildman–Crippen MR) is 89.3 cm³/mol. The number of aromatic nitrogens is 2. The molecule has 0 aliphatic rings. The molecule has 1 aromatic carbocycles. The first-order valence-corrected chi connectivity index (χ1v) is 7.38. The van der Waals surface area contributed by atoms with Gasteiger partial charge in [0.25, 0.3) is 0 Å². The van der Waals surface area contributed by atoms with E-state index in [0.29, 0.717) is 5.92 Å².